The fourth-order valence-corrected chi connectivity index (χ4v) is 3.70. The van der Waals surface area contributed by atoms with E-state index in [0.717, 1.165) is 49.0 Å². The largest absolute Gasteiger partial charge is 0.497 e. The van der Waals surface area contributed by atoms with E-state index in [0.29, 0.717) is 12.3 Å². The van der Waals surface area contributed by atoms with Crippen LogP contribution in [0.5, 0.6) is 5.75 Å². The fourth-order valence-electron chi connectivity index (χ4n) is 2.72. The molecule has 0 saturated heterocycles. The Morgan fingerprint density at radius 3 is 2.46 bits per heavy atom. The lowest BCUT2D eigenvalue weighted by Gasteiger charge is -2.11. The third-order valence-electron chi connectivity index (χ3n) is 4.23. The number of methoxy groups -OCH3 is 1. The van der Waals surface area contributed by atoms with Gasteiger partial charge >= 0.3 is 0 Å². The molecule has 6 heteroatoms. The van der Waals surface area contributed by atoms with E-state index in [-0.39, 0.29) is 0 Å². The van der Waals surface area contributed by atoms with E-state index >= 15 is 0 Å². The van der Waals surface area contributed by atoms with Gasteiger partial charge in [0.1, 0.15) is 5.75 Å². The van der Waals surface area contributed by atoms with Gasteiger partial charge in [-0.05, 0) is 56.0 Å². The third-order valence-corrected chi connectivity index (χ3v) is 5.61. The first-order chi connectivity index (χ1) is 13.7. The molecule has 0 fully saturated rings. The smallest absolute Gasteiger partial charge is 0.191 e. The van der Waals surface area contributed by atoms with Gasteiger partial charge in [0.25, 0.3) is 0 Å². The predicted molar refractivity (Wildman–Crippen MR) is 118 cm³/mol. The Kier molecular flexibility index (Phi) is 10.1. The minimum atomic E-state index is -0.990. The summed E-state index contributed by atoms with van der Waals surface area (Å²) in [6, 6.07) is 17.8. The highest BCUT2D eigenvalue weighted by molar-refractivity contribution is 7.85. The van der Waals surface area contributed by atoms with E-state index in [1.165, 1.54) is 5.56 Å². The van der Waals surface area contributed by atoms with Gasteiger partial charge in [0.15, 0.2) is 5.96 Å². The molecule has 0 spiro atoms. The Morgan fingerprint density at radius 1 is 1.04 bits per heavy atom. The molecule has 28 heavy (non-hydrogen) atoms. The number of hydrogen-bond acceptors (Lipinski definition) is 3. The molecule has 0 aliphatic rings. The number of guanidine groups is 1. The summed E-state index contributed by atoms with van der Waals surface area (Å²) >= 11 is 0. The average Bonchev–Trinajstić information content (AvgIpc) is 2.74. The van der Waals surface area contributed by atoms with Crippen LogP contribution in [-0.2, 0) is 17.2 Å². The van der Waals surface area contributed by atoms with Crippen LogP contribution in [0.1, 0.15) is 25.3 Å². The van der Waals surface area contributed by atoms with Crippen molar-refractivity contribution in [3.05, 3.63) is 60.2 Å². The van der Waals surface area contributed by atoms with Crippen molar-refractivity contribution in [2.75, 3.05) is 32.5 Å². The first-order valence-electron chi connectivity index (χ1n) is 9.81. The lowest BCUT2D eigenvalue weighted by atomic mass is 10.1. The summed E-state index contributed by atoms with van der Waals surface area (Å²) in [5.41, 5.74) is 1.32. The van der Waals surface area contributed by atoms with E-state index in [1.807, 2.05) is 49.4 Å². The second kappa shape index (κ2) is 12.9. The quantitative estimate of drug-likeness (QED) is 0.344. The van der Waals surface area contributed by atoms with Gasteiger partial charge in [0.2, 0.25) is 0 Å². The minimum absolute atomic E-state index is 0.561. The topological polar surface area (TPSA) is 62.7 Å². The summed E-state index contributed by atoms with van der Waals surface area (Å²) in [6.07, 6.45) is 3.16. The summed E-state index contributed by atoms with van der Waals surface area (Å²) in [7, 11) is 0.692. The van der Waals surface area contributed by atoms with E-state index < -0.39 is 10.8 Å². The van der Waals surface area contributed by atoms with Crippen molar-refractivity contribution in [1.29, 1.82) is 0 Å². The molecule has 0 bridgehead atoms. The molecule has 0 aliphatic heterocycles. The van der Waals surface area contributed by atoms with Gasteiger partial charge in [-0.25, -0.2) is 0 Å². The Hall–Kier alpha value is -2.34. The zero-order chi connectivity index (χ0) is 20.0. The number of unbranched alkanes of at least 4 members (excludes halogenated alkanes) is 1. The molecule has 0 heterocycles. The number of aliphatic imine (C=N–C) groups is 1. The van der Waals surface area contributed by atoms with Gasteiger partial charge in [0.05, 0.1) is 17.9 Å². The second-order valence-electron chi connectivity index (χ2n) is 6.36. The molecule has 1 atom stereocenters. The lowest BCUT2D eigenvalue weighted by molar-refractivity contribution is 0.414. The van der Waals surface area contributed by atoms with Crippen molar-refractivity contribution in [3.63, 3.8) is 0 Å². The molecule has 2 N–H and O–H groups in total. The zero-order valence-corrected chi connectivity index (χ0v) is 17.6. The molecule has 0 amide bonds. The zero-order valence-electron chi connectivity index (χ0n) is 16.8. The van der Waals surface area contributed by atoms with Crippen molar-refractivity contribution in [2.45, 2.75) is 31.1 Å². The number of rotatable bonds is 11. The Balaban J connectivity index is 1.68. The number of nitrogens with one attached hydrogen (secondary N) is 2. The fraction of sp³-hybridized carbons (Fsp3) is 0.409. The highest BCUT2D eigenvalue weighted by atomic mass is 32.2. The Bertz CT molecular complexity index is 733. The molecule has 0 aliphatic carbocycles. The summed E-state index contributed by atoms with van der Waals surface area (Å²) in [5, 5.41) is 6.52. The Labute approximate surface area is 171 Å². The predicted octanol–water partition coefficient (Wildman–Crippen LogP) is 3.38. The van der Waals surface area contributed by atoms with Crippen molar-refractivity contribution in [2.24, 2.45) is 4.99 Å². The molecule has 0 saturated carbocycles. The van der Waals surface area contributed by atoms with Crippen molar-refractivity contribution < 1.29 is 8.95 Å². The average molecular weight is 402 g/mol. The van der Waals surface area contributed by atoms with Gasteiger partial charge in [-0.2, -0.15) is 0 Å². The van der Waals surface area contributed by atoms with E-state index in [9.17, 15) is 4.21 Å². The van der Waals surface area contributed by atoms with E-state index in [4.69, 9.17) is 4.74 Å². The van der Waals surface area contributed by atoms with Crippen molar-refractivity contribution >= 4 is 16.8 Å². The molecule has 0 radical (unpaired) electrons. The van der Waals surface area contributed by atoms with E-state index in [1.54, 1.807) is 7.11 Å². The van der Waals surface area contributed by atoms with Crippen LogP contribution in [0.2, 0.25) is 0 Å². The van der Waals surface area contributed by atoms with Crippen LogP contribution in [0.15, 0.2) is 64.5 Å². The third kappa shape index (κ3) is 8.13. The lowest BCUT2D eigenvalue weighted by Crippen LogP contribution is -2.39. The molecular formula is C22H31N3O2S. The van der Waals surface area contributed by atoms with Crippen LogP contribution < -0.4 is 15.4 Å². The van der Waals surface area contributed by atoms with Crippen LogP contribution in [0.3, 0.4) is 0 Å². The monoisotopic (exact) mass is 401 g/mol. The van der Waals surface area contributed by atoms with Crippen LogP contribution in [0.25, 0.3) is 0 Å². The number of benzene rings is 2. The molecule has 2 aromatic rings. The standard InChI is InChI=1S/C22H31N3O2S/c1-3-23-22(25-17-18-28(26)21-10-5-4-6-11-21)24-16-8-7-9-19-12-14-20(27-2)15-13-19/h4-6,10-15H,3,7-9,16-18H2,1-2H3,(H2,23,24,25). The van der Waals surface area contributed by atoms with Gasteiger partial charge in [-0.3, -0.25) is 9.20 Å². The maximum absolute atomic E-state index is 12.3. The molecule has 0 aromatic heterocycles. The van der Waals surface area contributed by atoms with Gasteiger partial charge in [-0.15, -0.1) is 0 Å². The van der Waals surface area contributed by atoms with Gasteiger partial charge < -0.3 is 15.4 Å². The number of ether oxygens (including phenoxy) is 1. The maximum atomic E-state index is 12.3. The van der Waals surface area contributed by atoms with Crippen molar-refractivity contribution in [1.82, 2.24) is 10.6 Å². The van der Waals surface area contributed by atoms with Gasteiger partial charge in [-0.1, -0.05) is 30.3 Å². The van der Waals surface area contributed by atoms with E-state index in [2.05, 4.69) is 27.8 Å². The number of nitrogens with zero attached hydrogens (tertiary/aromatic N) is 1. The molecule has 5 nitrogen and oxygen atoms in total. The van der Waals surface area contributed by atoms with Crippen LogP contribution >= 0.6 is 0 Å². The van der Waals surface area contributed by atoms with Crippen LogP contribution in [0.4, 0.5) is 0 Å². The SMILES string of the molecule is CCNC(=NCCCCc1ccc(OC)cc1)NCCS(=O)c1ccccc1. The van der Waals surface area contributed by atoms with Crippen LogP contribution in [0, 0.1) is 0 Å². The normalized spacial score (nSPS) is 12.4. The highest BCUT2D eigenvalue weighted by Gasteiger charge is 2.03. The highest BCUT2D eigenvalue weighted by Crippen LogP contribution is 2.13. The Morgan fingerprint density at radius 2 is 1.79 bits per heavy atom. The summed E-state index contributed by atoms with van der Waals surface area (Å²) < 4.78 is 17.4. The summed E-state index contributed by atoms with van der Waals surface area (Å²) in [4.78, 5) is 5.48. The minimum Gasteiger partial charge on any atom is -0.497 e. The summed E-state index contributed by atoms with van der Waals surface area (Å²) in [6.45, 7) is 4.24. The first kappa shape index (κ1) is 22.0. The number of hydrogen-bond donors (Lipinski definition) is 2. The first-order valence-corrected chi connectivity index (χ1v) is 11.1. The molecule has 1 unspecified atom stereocenters. The van der Waals surface area contributed by atoms with Gasteiger partial charge in [0, 0.05) is 30.3 Å². The summed E-state index contributed by atoms with van der Waals surface area (Å²) in [5.74, 6) is 2.24. The maximum Gasteiger partial charge on any atom is 0.191 e. The van der Waals surface area contributed by atoms with Crippen molar-refractivity contribution in [3.8, 4) is 5.75 Å². The molecular weight excluding hydrogens is 370 g/mol. The molecule has 152 valence electrons. The molecule has 2 rings (SSSR count). The number of aryl methyl sites for hydroxylation is 1. The second-order valence-corrected chi connectivity index (χ2v) is 7.93. The molecule has 2 aromatic carbocycles. The van der Waals surface area contributed by atoms with Crippen LogP contribution in [-0.4, -0.2) is 42.7 Å².